The third kappa shape index (κ3) is 1.03. The number of thiophene rings is 2. The van der Waals surface area contributed by atoms with Crippen LogP contribution in [0.3, 0.4) is 0 Å². The highest BCUT2D eigenvalue weighted by Gasteiger charge is 2.20. The molecule has 0 saturated heterocycles. The fraction of sp³-hybridized carbons (Fsp3) is 0.167. The van der Waals surface area contributed by atoms with Crippen molar-refractivity contribution in [1.29, 1.82) is 0 Å². The predicted molar refractivity (Wildman–Crippen MR) is 71.6 cm³/mol. The van der Waals surface area contributed by atoms with Crippen LogP contribution in [0, 0.1) is 0 Å². The van der Waals surface area contributed by atoms with Crippen LogP contribution in [0.1, 0.15) is 5.56 Å². The van der Waals surface area contributed by atoms with Crippen molar-refractivity contribution in [2.24, 2.45) is 0 Å². The highest BCUT2D eigenvalue weighted by Crippen LogP contribution is 2.46. The zero-order valence-corrected chi connectivity index (χ0v) is 10.4. The van der Waals surface area contributed by atoms with Gasteiger partial charge in [-0.3, -0.25) is 0 Å². The average molecular weight is 248 g/mol. The number of aryl methyl sites for hydroxylation is 1. The van der Waals surface area contributed by atoms with Gasteiger partial charge in [-0.2, -0.15) is 0 Å². The molecule has 74 valence electrons. The molecule has 0 atom stereocenters. The Morgan fingerprint density at radius 1 is 0.933 bits per heavy atom. The molecule has 1 aromatic carbocycles. The second-order valence-corrected chi connectivity index (χ2v) is 6.67. The van der Waals surface area contributed by atoms with E-state index in [1.54, 1.807) is 10.5 Å². The standard InChI is InChI=1S/C12H8S3/c1-4-13-10-7(1)8-2-5-14-11(8)12-9(10)3-6-15-12/h1-2,4-5H,3,6H2. The van der Waals surface area contributed by atoms with E-state index in [1.807, 2.05) is 34.4 Å². The molecule has 3 heterocycles. The molecule has 3 heteroatoms. The Hall–Kier alpha value is -0.510. The lowest BCUT2D eigenvalue weighted by molar-refractivity contribution is 1.19. The quantitative estimate of drug-likeness (QED) is 0.552. The van der Waals surface area contributed by atoms with Crippen molar-refractivity contribution in [3.8, 4) is 0 Å². The maximum absolute atomic E-state index is 2.28. The SMILES string of the molecule is c1cc2c(s1)c1c(c3sccc32)SCC1. The van der Waals surface area contributed by atoms with Crippen LogP contribution in [0.4, 0.5) is 0 Å². The Kier molecular flexibility index (Phi) is 1.72. The molecule has 0 spiro atoms. The summed E-state index contributed by atoms with van der Waals surface area (Å²) < 4.78 is 3.04. The van der Waals surface area contributed by atoms with Gasteiger partial charge < -0.3 is 0 Å². The van der Waals surface area contributed by atoms with Gasteiger partial charge in [0.25, 0.3) is 0 Å². The molecule has 0 unspecified atom stereocenters. The van der Waals surface area contributed by atoms with E-state index < -0.39 is 0 Å². The minimum Gasteiger partial charge on any atom is -0.143 e. The minimum atomic E-state index is 1.25. The summed E-state index contributed by atoms with van der Waals surface area (Å²) in [6.45, 7) is 0. The zero-order chi connectivity index (χ0) is 9.83. The van der Waals surface area contributed by atoms with Gasteiger partial charge >= 0.3 is 0 Å². The maximum atomic E-state index is 2.28. The molecule has 0 aliphatic carbocycles. The van der Waals surface area contributed by atoms with Crippen molar-refractivity contribution < 1.29 is 0 Å². The monoisotopic (exact) mass is 248 g/mol. The second-order valence-electron chi connectivity index (χ2n) is 3.73. The Morgan fingerprint density at radius 2 is 1.67 bits per heavy atom. The number of hydrogen-bond donors (Lipinski definition) is 0. The first-order chi connectivity index (χ1) is 7.45. The lowest BCUT2D eigenvalue weighted by atomic mass is 10.1. The van der Waals surface area contributed by atoms with Crippen LogP contribution in [0.5, 0.6) is 0 Å². The molecule has 15 heavy (non-hydrogen) atoms. The normalized spacial score (nSPS) is 15.2. The van der Waals surface area contributed by atoms with Crippen LogP contribution in [0.2, 0.25) is 0 Å². The molecule has 2 aromatic heterocycles. The largest absolute Gasteiger partial charge is 0.143 e. The van der Waals surface area contributed by atoms with Crippen LogP contribution in [0.15, 0.2) is 27.8 Å². The first-order valence-electron chi connectivity index (χ1n) is 4.97. The summed E-state index contributed by atoms with van der Waals surface area (Å²) in [4.78, 5) is 1.56. The van der Waals surface area contributed by atoms with E-state index >= 15 is 0 Å². The topological polar surface area (TPSA) is 0 Å². The number of fused-ring (bicyclic) bond motifs is 6. The molecule has 1 aliphatic heterocycles. The molecule has 0 nitrogen and oxygen atoms in total. The van der Waals surface area contributed by atoms with E-state index in [0.29, 0.717) is 0 Å². The molecular weight excluding hydrogens is 240 g/mol. The Bertz CT molecular complexity index is 602. The molecule has 0 radical (unpaired) electrons. The van der Waals surface area contributed by atoms with E-state index in [4.69, 9.17) is 0 Å². The molecule has 0 saturated carbocycles. The van der Waals surface area contributed by atoms with Gasteiger partial charge in [0, 0.05) is 30.8 Å². The summed E-state index contributed by atoms with van der Waals surface area (Å²) in [6.07, 6.45) is 1.25. The second kappa shape index (κ2) is 3.00. The molecule has 0 amide bonds. The summed E-state index contributed by atoms with van der Waals surface area (Å²) in [5.74, 6) is 1.26. The average Bonchev–Trinajstić information content (AvgIpc) is 2.97. The van der Waals surface area contributed by atoms with E-state index in [-0.39, 0.29) is 0 Å². The zero-order valence-electron chi connectivity index (χ0n) is 7.95. The Balaban J connectivity index is 2.38. The fourth-order valence-electron chi connectivity index (χ4n) is 2.33. The van der Waals surface area contributed by atoms with Gasteiger partial charge in [-0.15, -0.1) is 34.4 Å². The van der Waals surface area contributed by atoms with Gasteiger partial charge in [-0.1, -0.05) is 0 Å². The van der Waals surface area contributed by atoms with Crippen LogP contribution in [-0.2, 0) is 6.42 Å². The van der Waals surface area contributed by atoms with Gasteiger partial charge in [0.2, 0.25) is 0 Å². The van der Waals surface area contributed by atoms with E-state index in [9.17, 15) is 0 Å². The predicted octanol–water partition coefficient (Wildman–Crippen LogP) is 4.76. The van der Waals surface area contributed by atoms with Crippen molar-refractivity contribution >= 4 is 54.6 Å². The smallest absolute Gasteiger partial charge is 0.0488 e. The molecule has 4 rings (SSSR count). The van der Waals surface area contributed by atoms with Crippen molar-refractivity contribution in [2.45, 2.75) is 11.3 Å². The van der Waals surface area contributed by atoms with Crippen LogP contribution >= 0.6 is 34.4 Å². The van der Waals surface area contributed by atoms with Crippen LogP contribution < -0.4 is 0 Å². The van der Waals surface area contributed by atoms with Crippen molar-refractivity contribution in [3.63, 3.8) is 0 Å². The summed E-state index contributed by atoms with van der Waals surface area (Å²) in [5, 5.41) is 7.38. The van der Waals surface area contributed by atoms with Gasteiger partial charge in [0.05, 0.1) is 0 Å². The molecule has 0 fully saturated rings. The fourth-order valence-corrected chi connectivity index (χ4v) is 5.71. The number of thioether (sulfide) groups is 1. The molecular formula is C12H8S3. The minimum absolute atomic E-state index is 1.25. The van der Waals surface area contributed by atoms with Gasteiger partial charge in [0.1, 0.15) is 0 Å². The molecule has 0 bridgehead atoms. The van der Waals surface area contributed by atoms with Crippen molar-refractivity contribution in [1.82, 2.24) is 0 Å². The third-order valence-electron chi connectivity index (χ3n) is 2.97. The summed E-state index contributed by atoms with van der Waals surface area (Å²) in [7, 11) is 0. The summed E-state index contributed by atoms with van der Waals surface area (Å²) >= 11 is 5.83. The summed E-state index contributed by atoms with van der Waals surface area (Å²) in [5.41, 5.74) is 1.61. The number of rotatable bonds is 0. The third-order valence-corrected chi connectivity index (χ3v) is 6.16. The van der Waals surface area contributed by atoms with Crippen molar-refractivity contribution in [2.75, 3.05) is 5.75 Å². The summed E-state index contributed by atoms with van der Waals surface area (Å²) in [6, 6.07) is 4.55. The van der Waals surface area contributed by atoms with Crippen LogP contribution in [0.25, 0.3) is 20.2 Å². The molecule has 0 N–H and O–H groups in total. The van der Waals surface area contributed by atoms with Gasteiger partial charge in [0.15, 0.2) is 0 Å². The highest BCUT2D eigenvalue weighted by molar-refractivity contribution is 8.00. The first-order valence-corrected chi connectivity index (χ1v) is 7.71. The van der Waals surface area contributed by atoms with Gasteiger partial charge in [-0.05, 0) is 34.9 Å². The Labute approximate surface area is 99.9 Å². The highest BCUT2D eigenvalue weighted by atomic mass is 32.2. The molecule has 3 aromatic rings. The number of hydrogen-bond acceptors (Lipinski definition) is 3. The molecule has 1 aliphatic rings. The van der Waals surface area contributed by atoms with Crippen molar-refractivity contribution in [3.05, 3.63) is 28.5 Å². The number of benzene rings is 1. The van der Waals surface area contributed by atoms with Crippen LogP contribution in [-0.4, -0.2) is 5.75 Å². The van der Waals surface area contributed by atoms with E-state index in [0.717, 1.165) is 0 Å². The lowest BCUT2D eigenvalue weighted by Gasteiger charge is -2.02. The van der Waals surface area contributed by atoms with Gasteiger partial charge in [-0.25, -0.2) is 0 Å². The maximum Gasteiger partial charge on any atom is 0.0488 e. The van der Waals surface area contributed by atoms with E-state index in [1.165, 1.54) is 32.3 Å². The Morgan fingerprint density at radius 3 is 2.53 bits per heavy atom. The lowest BCUT2D eigenvalue weighted by Crippen LogP contribution is -1.81. The van der Waals surface area contributed by atoms with E-state index in [2.05, 4.69) is 22.9 Å². The first kappa shape index (κ1) is 8.62.